The van der Waals surface area contributed by atoms with Gasteiger partial charge in [0.15, 0.2) is 0 Å². The SMILES string of the molecule is c1ccc2c(c1)CCc1c-2c2ccc3c(c2n1-c1ccc2ccccc2c1)Sc1ccccc1C31c2ccccc2-c2ccccc21. The highest BCUT2D eigenvalue weighted by Gasteiger charge is 2.50. The van der Waals surface area contributed by atoms with Crippen LogP contribution in [0.5, 0.6) is 0 Å². The average molecular weight is 616 g/mol. The number of nitrogens with zero attached hydrogens (tertiary/aromatic N) is 1. The summed E-state index contributed by atoms with van der Waals surface area (Å²) >= 11 is 1.96. The van der Waals surface area contributed by atoms with E-state index in [1.165, 1.54) is 92.9 Å². The van der Waals surface area contributed by atoms with Crippen LogP contribution in [0, 0.1) is 0 Å². The van der Waals surface area contributed by atoms with Gasteiger partial charge in [-0.05, 0) is 86.3 Å². The van der Waals surface area contributed by atoms with E-state index in [2.05, 4.69) is 156 Å². The normalized spacial score (nSPS) is 14.7. The molecule has 2 heterocycles. The van der Waals surface area contributed by atoms with Crippen LogP contribution in [0.25, 0.3) is 49.6 Å². The summed E-state index contributed by atoms with van der Waals surface area (Å²) in [6, 6.07) is 57.1. The smallest absolute Gasteiger partial charge is 0.0736 e. The zero-order valence-electron chi connectivity index (χ0n) is 25.7. The van der Waals surface area contributed by atoms with Gasteiger partial charge in [0.1, 0.15) is 0 Å². The number of aromatic nitrogens is 1. The quantitative estimate of drug-likeness (QED) is 0.178. The van der Waals surface area contributed by atoms with Crippen molar-refractivity contribution in [3.05, 3.63) is 185 Å². The van der Waals surface area contributed by atoms with Crippen molar-refractivity contribution in [2.45, 2.75) is 28.0 Å². The Labute approximate surface area is 278 Å². The third-order valence-electron chi connectivity index (χ3n) is 11.0. The van der Waals surface area contributed by atoms with Crippen molar-refractivity contribution in [2.75, 3.05) is 0 Å². The molecule has 0 fully saturated rings. The van der Waals surface area contributed by atoms with Gasteiger partial charge >= 0.3 is 0 Å². The highest BCUT2D eigenvalue weighted by atomic mass is 32.2. The van der Waals surface area contributed by atoms with E-state index < -0.39 is 5.41 Å². The van der Waals surface area contributed by atoms with Crippen LogP contribution >= 0.6 is 11.8 Å². The second kappa shape index (κ2) is 9.37. The molecule has 0 unspecified atom stereocenters. The largest absolute Gasteiger partial charge is 0.312 e. The Bertz CT molecular complexity index is 2580. The Kier molecular flexibility index (Phi) is 5.15. The van der Waals surface area contributed by atoms with Crippen LogP contribution in [0.15, 0.2) is 161 Å². The molecule has 2 heteroatoms. The minimum absolute atomic E-state index is 0.393. The zero-order valence-corrected chi connectivity index (χ0v) is 26.5. The van der Waals surface area contributed by atoms with Crippen LogP contribution in [0.3, 0.4) is 0 Å². The topological polar surface area (TPSA) is 4.93 Å². The van der Waals surface area contributed by atoms with Gasteiger partial charge in [-0.1, -0.05) is 145 Å². The van der Waals surface area contributed by atoms with E-state index in [0.717, 1.165) is 12.8 Å². The first-order valence-corrected chi connectivity index (χ1v) is 17.4. The highest BCUT2D eigenvalue weighted by Crippen LogP contribution is 2.63. The first-order chi connectivity index (χ1) is 23.3. The predicted octanol–water partition coefficient (Wildman–Crippen LogP) is 11.4. The molecule has 1 aromatic heterocycles. The molecule has 47 heavy (non-hydrogen) atoms. The molecule has 0 radical (unpaired) electrons. The van der Waals surface area contributed by atoms with Crippen LogP contribution in [-0.2, 0) is 18.3 Å². The van der Waals surface area contributed by atoms with Crippen molar-refractivity contribution in [3.63, 3.8) is 0 Å². The van der Waals surface area contributed by atoms with Crippen molar-refractivity contribution in [2.24, 2.45) is 0 Å². The Morgan fingerprint density at radius 3 is 1.98 bits per heavy atom. The van der Waals surface area contributed by atoms with Gasteiger partial charge in [0.25, 0.3) is 0 Å². The number of benzene rings is 7. The molecule has 0 N–H and O–H groups in total. The number of rotatable bonds is 1. The lowest BCUT2D eigenvalue weighted by molar-refractivity contribution is 0.723. The molecule has 1 spiro atoms. The predicted molar refractivity (Wildman–Crippen MR) is 195 cm³/mol. The molecule has 3 aliphatic rings. The molecule has 0 atom stereocenters. The lowest BCUT2D eigenvalue weighted by Gasteiger charge is -2.40. The van der Waals surface area contributed by atoms with Gasteiger partial charge in [0.2, 0.25) is 0 Å². The molecule has 7 aromatic carbocycles. The van der Waals surface area contributed by atoms with Gasteiger partial charge in [-0.2, -0.15) is 0 Å². The lowest BCUT2D eigenvalue weighted by atomic mass is 9.67. The minimum atomic E-state index is -0.393. The number of fused-ring (bicyclic) bond motifs is 16. The number of hydrogen-bond acceptors (Lipinski definition) is 1. The molecule has 11 rings (SSSR count). The van der Waals surface area contributed by atoms with E-state index >= 15 is 0 Å². The van der Waals surface area contributed by atoms with Gasteiger partial charge in [0.05, 0.1) is 10.9 Å². The lowest BCUT2D eigenvalue weighted by Crippen LogP contribution is -2.32. The third kappa shape index (κ3) is 3.26. The molecule has 0 saturated carbocycles. The van der Waals surface area contributed by atoms with Gasteiger partial charge < -0.3 is 4.57 Å². The third-order valence-corrected chi connectivity index (χ3v) is 12.1. The molecule has 1 aliphatic heterocycles. The van der Waals surface area contributed by atoms with Crippen molar-refractivity contribution >= 4 is 33.4 Å². The number of aryl methyl sites for hydroxylation is 1. The second-order valence-corrected chi connectivity index (χ2v) is 14.2. The van der Waals surface area contributed by atoms with Gasteiger partial charge in [-0.25, -0.2) is 0 Å². The molecule has 0 amide bonds. The van der Waals surface area contributed by atoms with Crippen molar-refractivity contribution in [1.82, 2.24) is 4.57 Å². The summed E-state index contributed by atoms with van der Waals surface area (Å²) in [6.45, 7) is 0. The Hall–Kier alpha value is -5.31. The summed E-state index contributed by atoms with van der Waals surface area (Å²) in [6.07, 6.45) is 2.07. The maximum absolute atomic E-state index is 2.63. The van der Waals surface area contributed by atoms with E-state index in [0.29, 0.717) is 0 Å². The average Bonchev–Trinajstić information content (AvgIpc) is 3.63. The van der Waals surface area contributed by atoms with Gasteiger partial charge in [-0.15, -0.1) is 0 Å². The van der Waals surface area contributed by atoms with Crippen LogP contribution in [-0.4, -0.2) is 4.57 Å². The summed E-state index contributed by atoms with van der Waals surface area (Å²) in [5.74, 6) is 0. The minimum Gasteiger partial charge on any atom is -0.312 e. The van der Waals surface area contributed by atoms with E-state index in [9.17, 15) is 0 Å². The molecule has 2 aliphatic carbocycles. The summed E-state index contributed by atoms with van der Waals surface area (Å²) in [7, 11) is 0. The summed E-state index contributed by atoms with van der Waals surface area (Å²) in [5.41, 5.74) is 16.0. The zero-order chi connectivity index (χ0) is 30.7. The molecular formula is C45H29NS. The first-order valence-electron chi connectivity index (χ1n) is 16.6. The van der Waals surface area contributed by atoms with Gasteiger partial charge in [-0.3, -0.25) is 0 Å². The molecule has 220 valence electrons. The highest BCUT2D eigenvalue weighted by molar-refractivity contribution is 7.99. The fourth-order valence-electron chi connectivity index (χ4n) is 9.10. The van der Waals surface area contributed by atoms with Crippen molar-refractivity contribution < 1.29 is 0 Å². The fourth-order valence-corrected chi connectivity index (χ4v) is 10.4. The second-order valence-electron chi connectivity index (χ2n) is 13.1. The van der Waals surface area contributed by atoms with E-state index in [1.54, 1.807) is 0 Å². The maximum Gasteiger partial charge on any atom is 0.0736 e. The molecule has 0 saturated heterocycles. The van der Waals surface area contributed by atoms with Gasteiger partial charge in [0, 0.05) is 32.1 Å². The molecule has 0 bridgehead atoms. The summed E-state index contributed by atoms with van der Waals surface area (Å²) in [5, 5.41) is 3.89. The molecular weight excluding hydrogens is 587 g/mol. The van der Waals surface area contributed by atoms with Crippen molar-refractivity contribution in [3.8, 4) is 27.9 Å². The van der Waals surface area contributed by atoms with Crippen LogP contribution in [0.4, 0.5) is 0 Å². The first kappa shape index (κ1) is 25.8. The van der Waals surface area contributed by atoms with E-state index in [-0.39, 0.29) is 0 Å². The Morgan fingerprint density at radius 2 is 1.17 bits per heavy atom. The molecule has 8 aromatic rings. The summed E-state index contributed by atoms with van der Waals surface area (Å²) < 4.78 is 2.63. The summed E-state index contributed by atoms with van der Waals surface area (Å²) in [4.78, 5) is 2.70. The van der Waals surface area contributed by atoms with E-state index in [1.807, 2.05) is 11.8 Å². The van der Waals surface area contributed by atoms with Crippen LogP contribution in [0.1, 0.15) is 33.5 Å². The Morgan fingerprint density at radius 1 is 0.511 bits per heavy atom. The monoisotopic (exact) mass is 615 g/mol. The van der Waals surface area contributed by atoms with E-state index in [4.69, 9.17) is 0 Å². The number of hydrogen-bond donors (Lipinski definition) is 0. The molecule has 1 nitrogen and oxygen atoms in total. The maximum atomic E-state index is 2.63. The van der Waals surface area contributed by atoms with Crippen molar-refractivity contribution in [1.29, 1.82) is 0 Å². The van der Waals surface area contributed by atoms with Crippen LogP contribution in [0.2, 0.25) is 0 Å². The standard InChI is InChI=1S/C45H29NS/c1-2-13-30-27-31(23-21-28(30)11-1)46-40-26-22-29-12-3-4-14-32(29)42(40)35-24-25-39-44(43(35)46)47-41-20-10-9-19-38(41)45(39)36-17-7-5-15-33(36)34-16-6-8-18-37(34)45/h1-21,23-25,27H,22,26H2. The van der Waals surface area contributed by atoms with Crippen LogP contribution < -0.4 is 0 Å². The Balaban J connectivity index is 1.32. The fraction of sp³-hybridized carbons (Fsp3) is 0.0667.